The fourth-order valence-corrected chi connectivity index (χ4v) is 4.50. The summed E-state index contributed by atoms with van der Waals surface area (Å²) >= 11 is 0. The Bertz CT molecular complexity index is 330. The van der Waals surface area contributed by atoms with Crippen LogP contribution < -0.4 is 0 Å². The summed E-state index contributed by atoms with van der Waals surface area (Å²) in [5.74, 6) is 2.97. The molecule has 126 valence electrons. The van der Waals surface area contributed by atoms with Crippen molar-refractivity contribution in [1.29, 1.82) is 0 Å². The van der Waals surface area contributed by atoms with Crippen LogP contribution in [0.4, 0.5) is 0 Å². The second kappa shape index (κ2) is 10.3. The van der Waals surface area contributed by atoms with Gasteiger partial charge >= 0.3 is 0 Å². The van der Waals surface area contributed by atoms with E-state index in [1.165, 1.54) is 89.9 Å². The topological polar surface area (TPSA) is 0 Å². The van der Waals surface area contributed by atoms with Crippen molar-refractivity contribution < 1.29 is 0 Å². The normalized spacial score (nSPS) is 29.1. The molecule has 0 bridgehead atoms. The Morgan fingerprint density at radius 3 is 2.41 bits per heavy atom. The van der Waals surface area contributed by atoms with Crippen molar-refractivity contribution in [3.05, 3.63) is 24.3 Å². The van der Waals surface area contributed by atoms with E-state index in [1.54, 1.807) is 5.57 Å². The average molecular weight is 303 g/mol. The van der Waals surface area contributed by atoms with Gasteiger partial charge in [0.1, 0.15) is 0 Å². The highest BCUT2D eigenvalue weighted by molar-refractivity contribution is 5.06. The van der Waals surface area contributed by atoms with E-state index in [4.69, 9.17) is 0 Å². The first kappa shape index (κ1) is 17.8. The van der Waals surface area contributed by atoms with Gasteiger partial charge in [0.15, 0.2) is 0 Å². The lowest BCUT2D eigenvalue weighted by Crippen LogP contribution is -2.14. The molecule has 0 N–H and O–H groups in total. The average Bonchev–Trinajstić information content (AvgIpc) is 2.56. The molecule has 22 heavy (non-hydrogen) atoms. The van der Waals surface area contributed by atoms with Crippen LogP contribution in [0.1, 0.15) is 96.8 Å². The first-order valence-electron chi connectivity index (χ1n) is 10.1. The molecule has 0 aromatic carbocycles. The van der Waals surface area contributed by atoms with E-state index in [1.807, 2.05) is 0 Å². The summed E-state index contributed by atoms with van der Waals surface area (Å²) in [6, 6.07) is 0. The van der Waals surface area contributed by atoms with E-state index in [0.29, 0.717) is 0 Å². The third kappa shape index (κ3) is 6.31. The maximum atomic E-state index is 3.89. The van der Waals surface area contributed by atoms with Gasteiger partial charge in [-0.3, -0.25) is 0 Å². The second-order valence-electron chi connectivity index (χ2n) is 7.95. The number of allylic oxidation sites excluding steroid dienone is 3. The highest BCUT2D eigenvalue weighted by Crippen LogP contribution is 2.36. The van der Waals surface area contributed by atoms with Gasteiger partial charge in [0, 0.05) is 0 Å². The first-order valence-corrected chi connectivity index (χ1v) is 10.1. The van der Waals surface area contributed by atoms with Crippen molar-refractivity contribution >= 4 is 0 Å². The molecule has 0 nitrogen and oxygen atoms in total. The maximum Gasteiger partial charge on any atom is -0.0318 e. The molecule has 0 amide bonds. The highest BCUT2D eigenvalue weighted by Gasteiger charge is 2.21. The van der Waals surface area contributed by atoms with Crippen LogP contribution in [0.2, 0.25) is 0 Å². The predicted molar refractivity (Wildman–Crippen MR) is 99.1 cm³/mol. The lowest BCUT2D eigenvalue weighted by Gasteiger charge is -2.29. The smallest absolute Gasteiger partial charge is 0.0318 e. The van der Waals surface area contributed by atoms with E-state index in [9.17, 15) is 0 Å². The number of hydrogen-bond acceptors (Lipinski definition) is 0. The molecule has 1 saturated carbocycles. The molecule has 2 rings (SSSR count). The van der Waals surface area contributed by atoms with E-state index in [0.717, 1.165) is 17.8 Å². The predicted octanol–water partition coefficient (Wildman–Crippen LogP) is 7.46. The zero-order valence-electron chi connectivity index (χ0n) is 15.0. The molecule has 0 radical (unpaired) electrons. The van der Waals surface area contributed by atoms with Crippen LogP contribution in [-0.2, 0) is 0 Å². The molecule has 1 fully saturated rings. The lowest BCUT2D eigenvalue weighted by atomic mass is 9.77. The SMILES string of the molecule is C=CC[C@H]1CC[C@H](CCC2=CCC(CCCCC)CC2)CC1. The Hall–Kier alpha value is -0.520. The molecule has 0 heteroatoms. The zero-order chi connectivity index (χ0) is 15.6. The van der Waals surface area contributed by atoms with Crippen molar-refractivity contribution in [2.24, 2.45) is 17.8 Å². The Morgan fingerprint density at radius 1 is 1.00 bits per heavy atom. The molecule has 0 aromatic rings. The third-order valence-electron chi connectivity index (χ3n) is 6.17. The van der Waals surface area contributed by atoms with Crippen molar-refractivity contribution in [2.45, 2.75) is 96.8 Å². The molecule has 0 aromatic heterocycles. The van der Waals surface area contributed by atoms with Crippen molar-refractivity contribution in [3.63, 3.8) is 0 Å². The third-order valence-corrected chi connectivity index (χ3v) is 6.17. The minimum atomic E-state index is 0.950. The maximum absolute atomic E-state index is 3.89. The fourth-order valence-electron chi connectivity index (χ4n) is 4.50. The molecule has 0 heterocycles. The molecule has 2 aliphatic carbocycles. The minimum Gasteiger partial charge on any atom is -0.103 e. The molecule has 0 aliphatic heterocycles. The summed E-state index contributed by atoms with van der Waals surface area (Å²) in [5.41, 5.74) is 1.79. The molecular weight excluding hydrogens is 264 g/mol. The number of hydrogen-bond donors (Lipinski definition) is 0. The summed E-state index contributed by atoms with van der Waals surface area (Å²) < 4.78 is 0. The van der Waals surface area contributed by atoms with Crippen LogP contribution in [0.15, 0.2) is 24.3 Å². The standard InChI is InChI=1S/C22H38/c1-3-5-6-8-20-11-15-22(16-12-20)18-17-21-13-9-19(7-4-2)10-14-21/h4,15,19-21H,2-3,5-14,16-18H2,1H3/t19-,20?,21-. The highest BCUT2D eigenvalue weighted by atomic mass is 14.3. The van der Waals surface area contributed by atoms with E-state index < -0.39 is 0 Å². The van der Waals surface area contributed by atoms with Crippen molar-refractivity contribution in [2.75, 3.05) is 0 Å². The van der Waals surface area contributed by atoms with E-state index in [-0.39, 0.29) is 0 Å². The Balaban J connectivity index is 1.59. The summed E-state index contributed by atoms with van der Waals surface area (Å²) in [6.07, 6.45) is 24.7. The Morgan fingerprint density at radius 2 is 1.77 bits per heavy atom. The minimum absolute atomic E-state index is 0.950. The summed E-state index contributed by atoms with van der Waals surface area (Å²) in [6.45, 7) is 6.20. The van der Waals surface area contributed by atoms with Gasteiger partial charge in [-0.15, -0.1) is 6.58 Å². The van der Waals surface area contributed by atoms with E-state index >= 15 is 0 Å². The molecule has 0 saturated heterocycles. The van der Waals surface area contributed by atoms with E-state index in [2.05, 4.69) is 25.7 Å². The van der Waals surface area contributed by atoms with Gasteiger partial charge in [0.2, 0.25) is 0 Å². The monoisotopic (exact) mass is 302 g/mol. The van der Waals surface area contributed by atoms with Gasteiger partial charge < -0.3 is 0 Å². The second-order valence-corrected chi connectivity index (χ2v) is 7.95. The summed E-state index contributed by atoms with van der Waals surface area (Å²) in [4.78, 5) is 0. The molecule has 0 spiro atoms. The van der Waals surface area contributed by atoms with Crippen LogP contribution in [0.25, 0.3) is 0 Å². The van der Waals surface area contributed by atoms with Crippen molar-refractivity contribution in [1.82, 2.24) is 0 Å². The van der Waals surface area contributed by atoms with Crippen LogP contribution in [0.5, 0.6) is 0 Å². The van der Waals surface area contributed by atoms with Crippen LogP contribution >= 0.6 is 0 Å². The van der Waals surface area contributed by atoms with Crippen molar-refractivity contribution in [3.8, 4) is 0 Å². The van der Waals surface area contributed by atoms with Gasteiger partial charge in [-0.2, -0.15) is 0 Å². The largest absolute Gasteiger partial charge is 0.103 e. The molecule has 1 atom stereocenters. The van der Waals surface area contributed by atoms with Gasteiger partial charge in [0.05, 0.1) is 0 Å². The zero-order valence-corrected chi connectivity index (χ0v) is 15.0. The summed E-state index contributed by atoms with van der Waals surface area (Å²) in [7, 11) is 0. The molecule has 1 unspecified atom stereocenters. The number of rotatable bonds is 9. The summed E-state index contributed by atoms with van der Waals surface area (Å²) in [5, 5.41) is 0. The molecule has 2 aliphatic rings. The Kier molecular flexibility index (Phi) is 8.34. The fraction of sp³-hybridized carbons (Fsp3) is 0.818. The van der Waals surface area contributed by atoms with Crippen LogP contribution in [0.3, 0.4) is 0 Å². The quantitative estimate of drug-likeness (QED) is 0.306. The first-order chi connectivity index (χ1) is 10.8. The number of unbranched alkanes of at least 4 members (excludes halogenated alkanes) is 2. The van der Waals surface area contributed by atoms with Gasteiger partial charge in [-0.25, -0.2) is 0 Å². The lowest BCUT2D eigenvalue weighted by molar-refractivity contribution is 0.263. The van der Waals surface area contributed by atoms with Gasteiger partial charge in [-0.05, 0) is 69.1 Å². The van der Waals surface area contributed by atoms with Gasteiger partial charge in [-0.1, -0.05) is 63.2 Å². The Labute approximate surface area is 139 Å². The van der Waals surface area contributed by atoms with Crippen LogP contribution in [0, 0.1) is 17.8 Å². The van der Waals surface area contributed by atoms with Crippen LogP contribution in [-0.4, -0.2) is 0 Å². The molecular formula is C22H38. The van der Waals surface area contributed by atoms with Gasteiger partial charge in [0.25, 0.3) is 0 Å².